The Hall–Kier alpha value is -3.87. The van der Waals surface area contributed by atoms with E-state index in [4.69, 9.17) is 14.7 Å². The Labute approximate surface area is 275 Å². The van der Waals surface area contributed by atoms with Crippen molar-refractivity contribution in [2.75, 3.05) is 83.4 Å². The van der Waals surface area contributed by atoms with Crippen LogP contribution in [0.15, 0.2) is 48.7 Å². The van der Waals surface area contributed by atoms with E-state index in [-0.39, 0.29) is 11.5 Å². The highest BCUT2D eigenvalue weighted by Crippen LogP contribution is 2.46. The van der Waals surface area contributed by atoms with Gasteiger partial charge in [0, 0.05) is 67.9 Å². The van der Waals surface area contributed by atoms with Gasteiger partial charge in [0.25, 0.3) is 0 Å². The highest BCUT2D eigenvalue weighted by atomic mass is 16.5. The molecule has 244 valence electrons. The van der Waals surface area contributed by atoms with Crippen LogP contribution in [0.1, 0.15) is 43.0 Å². The van der Waals surface area contributed by atoms with Crippen molar-refractivity contribution in [3.63, 3.8) is 0 Å². The number of rotatable bonds is 12. The predicted octanol–water partition coefficient (Wildman–Crippen LogP) is 5.09. The maximum atomic E-state index is 9.63. The first-order chi connectivity index (χ1) is 22.3. The number of allylic oxidation sites excluding steroid dienone is 1. The number of aryl methyl sites for hydroxylation is 1. The molecule has 0 radical (unpaired) electrons. The molecular weight excluding hydrogens is 572 g/mol. The highest BCUT2D eigenvalue weighted by Gasteiger charge is 2.44. The van der Waals surface area contributed by atoms with Crippen LogP contribution in [0.4, 0.5) is 11.5 Å². The van der Waals surface area contributed by atoms with Gasteiger partial charge in [-0.05, 0) is 77.5 Å². The fraction of sp³-hybridized carbons (Fsp3) is 0.541. The van der Waals surface area contributed by atoms with E-state index < -0.39 is 0 Å². The molecular formula is C37H50N8O. The minimum atomic E-state index is 0.121. The fourth-order valence-electron chi connectivity index (χ4n) is 7.19. The van der Waals surface area contributed by atoms with Gasteiger partial charge in [0.2, 0.25) is 0 Å². The zero-order chi connectivity index (χ0) is 32.3. The minimum absolute atomic E-state index is 0.121. The summed E-state index contributed by atoms with van der Waals surface area (Å²) in [4.78, 5) is 22.1. The third kappa shape index (κ3) is 7.08. The van der Waals surface area contributed by atoms with E-state index in [0.717, 1.165) is 63.7 Å². The molecule has 3 aromatic rings. The van der Waals surface area contributed by atoms with Crippen molar-refractivity contribution in [3.05, 3.63) is 65.5 Å². The van der Waals surface area contributed by atoms with Gasteiger partial charge in [-0.15, -0.1) is 0 Å². The molecule has 2 aliphatic heterocycles. The number of hydrogen-bond donors (Lipinski definition) is 0. The number of piperazine rings is 1. The Kier molecular flexibility index (Phi) is 9.67. The second-order valence-electron chi connectivity index (χ2n) is 13.9. The molecule has 1 aromatic heterocycles. The summed E-state index contributed by atoms with van der Waals surface area (Å²) in [5.74, 6) is 0.991. The summed E-state index contributed by atoms with van der Waals surface area (Å²) in [6.45, 7) is 12.1. The largest absolute Gasteiger partial charge is 0.463 e. The van der Waals surface area contributed by atoms with Crippen molar-refractivity contribution in [2.24, 2.45) is 5.41 Å². The number of hydrogen-bond acceptors (Lipinski definition) is 9. The average Bonchev–Trinajstić information content (AvgIpc) is 3.82. The molecule has 3 heterocycles. The molecule has 6 rings (SSSR count). The Morgan fingerprint density at radius 1 is 1.04 bits per heavy atom. The molecule has 1 aliphatic carbocycles. The van der Waals surface area contributed by atoms with Gasteiger partial charge in [-0.1, -0.05) is 36.4 Å². The molecule has 9 heteroatoms. The molecule has 0 spiro atoms. The molecule has 0 bridgehead atoms. The van der Waals surface area contributed by atoms with Crippen LogP contribution in [-0.4, -0.2) is 104 Å². The van der Waals surface area contributed by atoms with E-state index in [9.17, 15) is 5.26 Å². The van der Waals surface area contributed by atoms with Gasteiger partial charge in [-0.3, -0.25) is 0 Å². The lowest BCUT2D eigenvalue weighted by atomic mass is 9.99. The van der Waals surface area contributed by atoms with E-state index in [2.05, 4.69) is 107 Å². The lowest BCUT2D eigenvalue weighted by molar-refractivity contribution is 0.164. The zero-order valence-corrected chi connectivity index (χ0v) is 28.4. The first-order valence-corrected chi connectivity index (χ1v) is 16.9. The first kappa shape index (κ1) is 32.1. The number of nitriles is 1. The molecule has 0 amide bonds. The topological polar surface area (TPSA) is 75.0 Å². The second-order valence-corrected chi connectivity index (χ2v) is 13.9. The number of benzene rings is 2. The molecule has 3 aliphatic rings. The number of anilines is 2. The summed E-state index contributed by atoms with van der Waals surface area (Å²) in [5, 5.41) is 12.2. The van der Waals surface area contributed by atoms with Gasteiger partial charge in [-0.2, -0.15) is 15.2 Å². The maximum absolute atomic E-state index is 9.63. The molecule has 1 unspecified atom stereocenters. The summed E-state index contributed by atoms with van der Waals surface area (Å²) in [6.07, 6.45) is 7.88. The van der Waals surface area contributed by atoms with E-state index in [1.165, 1.54) is 40.4 Å². The standard InChI is InChI=1S/C37H50N8O/c1-6-18-43-22-23-45(24-30(43)13-17-38)35-31-14-19-44(33-12-8-11-29-10-7-9-28(2)34(29)33)25-32(31)39-36(40-35)46-27-37(15-16-37)26-42(5)21-20-41(3)4/h6-12,18,30H,13-16,19-27H2,1-5H3. The van der Waals surface area contributed by atoms with Gasteiger partial charge in [0.15, 0.2) is 0 Å². The van der Waals surface area contributed by atoms with Crippen molar-refractivity contribution >= 4 is 22.3 Å². The van der Waals surface area contributed by atoms with Crippen LogP contribution in [-0.2, 0) is 13.0 Å². The Bertz CT molecular complexity index is 1590. The summed E-state index contributed by atoms with van der Waals surface area (Å²) in [7, 11) is 6.46. The Morgan fingerprint density at radius 2 is 1.85 bits per heavy atom. The molecule has 2 aromatic carbocycles. The quantitative estimate of drug-likeness (QED) is 0.275. The lowest BCUT2D eigenvalue weighted by Crippen LogP contribution is -2.51. The van der Waals surface area contributed by atoms with Gasteiger partial charge < -0.3 is 29.2 Å². The van der Waals surface area contributed by atoms with Crippen LogP contribution in [0.5, 0.6) is 6.01 Å². The normalized spacial score (nSPS) is 19.3. The predicted molar refractivity (Wildman–Crippen MR) is 186 cm³/mol. The summed E-state index contributed by atoms with van der Waals surface area (Å²) in [5.41, 5.74) is 5.00. The van der Waals surface area contributed by atoms with E-state index in [1.54, 1.807) is 0 Å². The third-order valence-corrected chi connectivity index (χ3v) is 9.95. The molecule has 0 N–H and O–H groups in total. The van der Waals surface area contributed by atoms with Crippen molar-refractivity contribution in [3.8, 4) is 12.1 Å². The average molecular weight is 623 g/mol. The summed E-state index contributed by atoms with van der Waals surface area (Å²) >= 11 is 0. The fourth-order valence-corrected chi connectivity index (χ4v) is 7.19. The molecule has 9 nitrogen and oxygen atoms in total. The summed E-state index contributed by atoms with van der Waals surface area (Å²) in [6, 6.07) is 16.2. The highest BCUT2D eigenvalue weighted by molar-refractivity contribution is 5.97. The van der Waals surface area contributed by atoms with E-state index in [0.29, 0.717) is 25.6 Å². The van der Waals surface area contributed by atoms with Gasteiger partial charge in [-0.25, -0.2) is 0 Å². The van der Waals surface area contributed by atoms with Gasteiger partial charge in [0.1, 0.15) is 5.82 Å². The molecule has 1 saturated heterocycles. The zero-order valence-electron chi connectivity index (χ0n) is 28.4. The molecule has 1 atom stereocenters. The second kappa shape index (κ2) is 13.9. The minimum Gasteiger partial charge on any atom is -0.463 e. The van der Waals surface area contributed by atoms with E-state index in [1.807, 2.05) is 6.92 Å². The Morgan fingerprint density at radius 3 is 2.59 bits per heavy atom. The SMILES string of the molecule is CC=CN1CCN(c2nc(OCC3(CN(C)CCN(C)C)CC3)nc3c2CCN(c2cccc4cccc(C)c24)C3)CC1CC#N. The number of fused-ring (bicyclic) bond motifs is 2. The van der Waals surface area contributed by atoms with Crippen molar-refractivity contribution in [1.29, 1.82) is 5.26 Å². The van der Waals surface area contributed by atoms with Crippen molar-refractivity contribution in [2.45, 2.75) is 52.1 Å². The van der Waals surface area contributed by atoms with Gasteiger partial charge in [0.05, 0.1) is 37.4 Å². The van der Waals surface area contributed by atoms with Gasteiger partial charge >= 0.3 is 6.01 Å². The van der Waals surface area contributed by atoms with Crippen molar-refractivity contribution < 1.29 is 4.74 Å². The monoisotopic (exact) mass is 622 g/mol. The third-order valence-electron chi connectivity index (χ3n) is 9.95. The van der Waals surface area contributed by atoms with Crippen LogP contribution in [0.2, 0.25) is 0 Å². The smallest absolute Gasteiger partial charge is 0.318 e. The number of ether oxygens (including phenoxy) is 1. The maximum Gasteiger partial charge on any atom is 0.318 e. The number of nitrogens with zero attached hydrogens (tertiary/aromatic N) is 8. The lowest BCUT2D eigenvalue weighted by Gasteiger charge is -2.42. The van der Waals surface area contributed by atoms with Crippen LogP contribution in [0.3, 0.4) is 0 Å². The molecule has 2 fully saturated rings. The van der Waals surface area contributed by atoms with Crippen molar-refractivity contribution in [1.82, 2.24) is 24.7 Å². The number of likely N-dealkylation sites (N-methyl/N-ethyl adjacent to an activating group) is 2. The van der Waals surface area contributed by atoms with Crippen LogP contribution < -0.4 is 14.5 Å². The number of aromatic nitrogens is 2. The van der Waals surface area contributed by atoms with Crippen LogP contribution >= 0.6 is 0 Å². The molecule has 46 heavy (non-hydrogen) atoms. The Balaban J connectivity index is 1.29. The van der Waals surface area contributed by atoms with E-state index >= 15 is 0 Å². The van der Waals surface area contributed by atoms with Crippen LogP contribution in [0, 0.1) is 23.7 Å². The van der Waals surface area contributed by atoms with Crippen LogP contribution in [0.25, 0.3) is 10.8 Å². The first-order valence-electron chi connectivity index (χ1n) is 16.9. The molecule has 1 saturated carbocycles. The summed E-state index contributed by atoms with van der Waals surface area (Å²) < 4.78 is 6.54.